The van der Waals surface area contributed by atoms with Crippen molar-refractivity contribution >= 4 is 39.5 Å². The van der Waals surface area contributed by atoms with Crippen molar-refractivity contribution in [2.24, 2.45) is 5.10 Å². The summed E-state index contributed by atoms with van der Waals surface area (Å²) >= 11 is 8.48. The summed E-state index contributed by atoms with van der Waals surface area (Å²) in [7, 11) is 0. The Bertz CT molecular complexity index is 662. The second kappa shape index (κ2) is 8.51. The van der Waals surface area contributed by atoms with Gasteiger partial charge in [-0.3, -0.25) is 5.43 Å². The number of phenols is 1. The van der Waals surface area contributed by atoms with Crippen LogP contribution in [0.25, 0.3) is 0 Å². The van der Waals surface area contributed by atoms with E-state index in [4.69, 9.17) is 12.2 Å². The first-order valence-corrected chi connectivity index (χ1v) is 7.94. The van der Waals surface area contributed by atoms with Gasteiger partial charge in [-0.25, -0.2) is 0 Å². The van der Waals surface area contributed by atoms with E-state index in [1.165, 1.54) is 11.8 Å². The van der Waals surface area contributed by atoms with Crippen molar-refractivity contribution in [1.82, 2.24) is 10.7 Å². The Kier molecular flexibility index (Phi) is 6.36. The summed E-state index contributed by atoms with van der Waals surface area (Å²) in [5, 5.41) is 17.2. The second-order valence-corrected chi connectivity index (χ2v) is 5.89. The Morgan fingerprint density at radius 2 is 2.00 bits per heavy atom. The summed E-state index contributed by atoms with van der Waals surface area (Å²) in [6.07, 6.45) is 2.41. The van der Waals surface area contributed by atoms with Gasteiger partial charge in [0.05, 0.1) is 6.21 Å². The van der Waals surface area contributed by atoms with Crippen LogP contribution in [0, 0.1) is 0 Å². The summed E-state index contributed by atoms with van der Waals surface area (Å²) < 4.78 is 0.871. The predicted molar refractivity (Wildman–Crippen MR) is 97.3 cm³/mol. The number of nitrogens with one attached hydrogen (secondary N) is 2. The van der Waals surface area contributed by atoms with E-state index in [0.29, 0.717) is 10.7 Å². The number of nitrogens with zero attached hydrogens (tertiary/aromatic N) is 1. The van der Waals surface area contributed by atoms with Crippen LogP contribution in [0.3, 0.4) is 0 Å². The highest BCUT2D eigenvalue weighted by Gasteiger charge is 1.99. The molecule has 4 nitrogen and oxygen atoms in total. The molecule has 2 rings (SSSR count). The molecule has 0 spiro atoms. The fourth-order valence-corrected chi connectivity index (χ4v) is 2.33. The minimum Gasteiger partial charge on any atom is -0.507 e. The standard InChI is InChI=1S/C16H16BrN3OS/c17-14-6-7-15(21)13(10-14)11-19-20-16(22)18-9-8-12-4-2-1-3-5-12/h1-7,10-11,21H,8-9H2,(H2,18,20,22). The molecule has 0 aliphatic heterocycles. The Balaban J connectivity index is 1.75. The zero-order valence-electron chi connectivity index (χ0n) is 11.8. The third-order valence-electron chi connectivity index (χ3n) is 2.90. The molecule has 0 saturated heterocycles. The molecule has 3 N–H and O–H groups in total. The number of hydrazone groups is 1. The van der Waals surface area contributed by atoms with Gasteiger partial charge in [0.1, 0.15) is 5.75 Å². The Hall–Kier alpha value is -1.92. The maximum atomic E-state index is 9.68. The van der Waals surface area contributed by atoms with Crippen LogP contribution in [0.15, 0.2) is 58.1 Å². The van der Waals surface area contributed by atoms with Gasteiger partial charge < -0.3 is 10.4 Å². The summed E-state index contributed by atoms with van der Waals surface area (Å²) in [6.45, 7) is 0.730. The van der Waals surface area contributed by atoms with Gasteiger partial charge in [-0.1, -0.05) is 46.3 Å². The van der Waals surface area contributed by atoms with Gasteiger partial charge >= 0.3 is 0 Å². The molecule has 6 heteroatoms. The molecule has 0 aliphatic carbocycles. The molecule has 0 saturated carbocycles. The number of aromatic hydroxyl groups is 1. The maximum Gasteiger partial charge on any atom is 0.186 e. The van der Waals surface area contributed by atoms with Crippen LogP contribution < -0.4 is 10.7 Å². The topological polar surface area (TPSA) is 56.7 Å². The molecule has 0 fully saturated rings. The smallest absolute Gasteiger partial charge is 0.186 e. The van der Waals surface area contributed by atoms with Crippen LogP contribution in [0.1, 0.15) is 11.1 Å². The van der Waals surface area contributed by atoms with Gasteiger partial charge in [-0.15, -0.1) is 0 Å². The lowest BCUT2D eigenvalue weighted by Crippen LogP contribution is -2.33. The lowest BCUT2D eigenvalue weighted by atomic mass is 10.1. The number of thiocarbonyl (C=S) groups is 1. The van der Waals surface area contributed by atoms with Crippen molar-refractivity contribution in [3.63, 3.8) is 0 Å². The molecule has 0 bridgehead atoms. The van der Waals surface area contributed by atoms with Gasteiger partial charge in [-0.2, -0.15) is 5.10 Å². The second-order valence-electron chi connectivity index (χ2n) is 4.56. The molecular formula is C16H16BrN3OS. The molecule has 0 aliphatic rings. The third kappa shape index (κ3) is 5.46. The van der Waals surface area contributed by atoms with Crippen LogP contribution in [-0.4, -0.2) is 23.0 Å². The van der Waals surface area contributed by atoms with Gasteiger partial charge in [0.2, 0.25) is 0 Å². The van der Waals surface area contributed by atoms with Gasteiger partial charge in [0.25, 0.3) is 0 Å². The quantitative estimate of drug-likeness (QED) is 0.425. The van der Waals surface area contributed by atoms with Crippen LogP contribution >= 0.6 is 28.1 Å². The summed E-state index contributed by atoms with van der Waals surface area (Å²) in [5.74, 6) is 0.164. The first-order valence-electron chi connectivity index (χ1n) is 6.74. The van der Waals surface area contributed by atoms with Crippen LogP contribution in [-0.2, 0) is 6.42 Å². The normalized spacial score (nSPS) is 10.6. The van der Waals surface area contributed by atoms with Crippen molar-refractivity contribution in [2.45, 2.75) is 6.42 Å². The van der Waals surface area contributed by atoms with E-state index < -0.39 is 0 Å². The van der Waals surface area contributed by atoms with Crippen molar-refractivity contribution in [2.75, 3.05) is 6.54 Å². The Labute approximate surface area is 143 Å². The zero-order chi connectivity index (χ0) is 15.8. The highest BCUT2D eigenvalue weighted by atomic mass is 79.9. The van der Waals surface area contributed by atoms with Crippen molar-refractivity contribution in [3.05, 3.63) is 64.1 Å². The highest BCUT2D eigenvalue weighted by molar-refractivity contribution is 9.10. The van der Waals surface area contributed by atoms with Gasteiger partial charge in [0.15, 0.2) is 5.11 Å². The largest absolute Gasteiger partial charge is 0.507 e. The fourth-order valence-electron chi connectivity index (χ4n) is 1.79. The molecule has 2 aromatic rings. The van der Waals surface area contributed by atoms with Crippen LogP contribution in [0.4, 0.5) is 0 Å². The average Bonchev–Trinajstić information content (AvgIpc) is 2.52. The molecule has 0 aromatic heterocycles. The third-order valence-corrected chi connectivity index (χ3v) is 3.63. The van der Waals surface area contributed by atoms with E-state index in [-0.39, 0.29) is 5.75 Å². The minimum absolute atomic E-state index is 0.164. The van der Waals surface area contributed by atoms with E-state index in [0.717, 1.165) is 17.4 Å². The molecule has 22 heavy (non-hydrogen) atoms. The van der Waals surface area contributed by atoms with E-state index in [1.807, 2.05) is 18.2 Å². The van der Waals surface area contributed by atoms with E-state index >= 15 is 0 Å². The Morgan fingerprint density at radius 1 is 1.23 bits per heavy atom. The summed E-state index contributed by atoms with van der Waals surface area (Å²) in [5.41, 5.74) is 4.58. The molecule has 0 atom stereocenters. The first kappa shape index (κ1) is 16.5. The minimum atomic E-state index is 0.164. The van der Waals surface area contributed by atoms with Gasteiger partial charge in [-0.05, 0) is 42.4 Å². The first-order chi connectivity index (χ1) is 10.6. The lowest BCUT2D eigenvalue weighted by molar-refractivity contribution is 0.474. The molecular weight excluding hydrogens is 362 g/mol. The van der Waals surface area contributed by atoms with E-state index in [1.54, 1.807) is 18.2 Å². The molecule has 0 radical (unpaired) electrons. The average molecular weight is 378 g/mol. The molecule has 114 valence electrons. The van der Waals surface area contributed by atoms with Crippen LogP contribution in [0.2, 0.25) is 0 Å². The number of hydrogen-bond donors (Lipinski definition) is 3. The van der Waals surface area contributed by atoms with Crippen LogP contribution in [0.5, 0.6) is 5.75 Å². The fraction of sp³-hybridized carbons (Fsp3) is 0.125. The van der Waals surface area contributed by atoms with Crippen molar-refractivity contribution < 1.29 is 5.11 Å². The number of hydrogen-bond acceptors (Lipinski definition) is 3. The number of rotatable bonds is 5. The van der Waals surface area contributed by atoms with E-state index in [9.17, 15) is 5.11 Å². The maximum absolute atomic E-state index is 9.68. The molecule has 0 heterocycles. The molecule has 0 unspecified atom stereocenters. The summed E-state index contributed by atoms with van der Waals surface area (Å²) in [6, 6.07) is 15.3. The zero-order valence-corrected chi connectivity index (χ0v) is 14.2. The number of benzene rings is 2. The number of phenolic OH excluding ortho intramolecular Hbond substituents is 1. The van der Waals surface area contributed by atoms with Crippen molar-refractivity contribution in [3.8, 4) is 5.75 Å². The van der Waals surface area contributed by atoms with Crippen molar-refractivity contribution in [1.29, 1.82) is 0 Å². The Morgan fingerprint density at radius 3 is 2.77 bits per heavy atom. The monoisotopic (exact) mass is 377 g/mol. The summed E-state index contributed by atoms with van der Waals surface area (Å²) in [4.78, 5) is 0. The predicted octanol–water partition coefficient (Wildman–Crippen LogP) is 3.20. The lowest BCUT2D eigenvalue weighted by Gasteiger charge is -2.07. The van der Waals surface area contributed by atoms with Gasteiger partial charge in [0, 0.05) is 16.6 Å². The molecule has 2 aromatic carbocycles. The number of halogens is 1. The molecule has 0 amide bonds. The SMILES string of the molecule is Oc1ccc(Br)cc1C=NNC(=S)NCCc1ccccc1. The van der Waals surface area contributed by atoms with E-state index in [2.05, 4.69) is 43.9 Å². The highest BCUT2D eigenvalue weighted by Crippen LogP contribution is 2.19.